The second-order valence-electron chi connectivity index (χ2n) is 9.42. The van der Waals surface area contributed by atoms with Gasteiger partial charge in [0.2, 0.25) is 5.78 Å². The fraction of sp³-hybridized carbons (Fsp3) is 0.458. The number of fused-ring (bicyclic) bond motifs is 4. The summed E-state index contributed by atoms with van der Waals surface area (Å²) in [6.45, 7) is 1.98. The molecule has 1 aromatic rings. The maximum absolute atomic E-state index is 15.4. The minimum atomic E-state index is -2.70. The van der Waals surface area contributed by atoms with Gasteiger partial charge in [-0.1, -0.05) is 6.92 Å². The lowest BCUT2D eigenvalue weighted by atomic mass is 9.58. The van der Waals surface area contributed by atoms with Crippen LogP contribution in [0.5, 0.6) is 5.75 Å². The number of allylic oxidation sites excluding steroid dienone is 1. The number of benzene rings is 1. The van der Waals surface area contributed by atoms with Crippen molar-refractivity contribution >= 4 is 17.5 Å². The molecule has 0 unspecified atom stereocenters. The van der Waals surface area contributed by atoms with Gasteiger partial charge in [-0.15, -0.1) is 0 Å². The molecule has 5 rings (SSSR count). The maximum Gasteiger partial charge on any atom is 0.255 e. The Bertz CT molecular complexity index is 1250. The Kier molecular flexibility index (Phi) is 4.89. The molecule has 0 heterocycles. The SMILES string of the molecule is CCN[C@@H]1C(O)=C(C(N)=O)C(=O)[C@@]2(O)C(O)=C3C(=O)c4c(O)c5c(c(F)c4C[C@H]3C[C@@H]12)CCC5. The molecule has 0 saturated heterocycles. The minimum absolute atomic E-state index is 0.0418. The van der Waals surface area contributed by atoms with Crippen molar-refractivity contribution in [1.29, 1.82) is 0 Å². The van der Waals surface area contributed by atoms with Gasteiger partial charge in [0.05, 0.1) is 11.6 Å². The third-order valence-electron chi connectivity index (χ3n) is 7.79. The largest absolute Gasteiger partial charge is 0.510 e. The summed E-state index contributed by atoms with van der Waals surface area (Å²) in [5.74, 6) is -7.87. The van der Waals surface area contributed by atoms with Crippen LogP contribution in [-0.2, 0) is 28.9 Å². The summed E-state index contributed by atoms with van der Waals surface area (Å²) in [5.41, 5.74) is 1.97. The van der Waals surface area contributed by atoms with E-state index in [1.165, 1.54) is 0 Å². The molecule has 0 aromatic heterocycles. The first-order valence-electron chi connectivity index (χ1n) is 11.3. The Morgan fingerprint density at radius 1 is 1.18 bits per heavy atom. The smallest absolute Gasteiger partial charge is 0.255 e. The number of aliphatic hydroxyl groups excluding tert-OH is 2. The van der Waals surface area contributed by atoms with Crippen LogP contribution in [0.15, 0.2) is 22.7 Å². The molecule has 180 valence electrons. The van der Waals surface area contributed by atoms with Gasteiger partial charge in [0, 0.05) is 22.6 Å². The minimum Gasteiger partial charge on any atom is -0.510 e. The van der Waals surface area contributed by atoms with Gasteiger partial charge in [-0.2, -0.15) is 0 Å². The van der Waals surface area contributed by atoms with Gasteiger partial charge in [-0.05, 0) is 50.1 Å². The van der Waals surface area contributed by atoms with E-state index >= 15 is 4.39 Å². The summed E-state index contributed by atoms with van der Waals surface area (Å²) < 4.78 is 15.4. The highest BCUT2D eigenvalue weighted by molar-refractivity contribution is 6.24. The molecule has 0 radical (unpaired) electrons. The number of ketones is 2. The van der Waals surface area contributed by atoms with Gasteiger partial charge in [-0.25, -0.2) is 4.39 Å². The zero-order valence-electron chi connectivity index (χ0n) is 18.4. The first kappa shape index (κ1) is 22.5. The van der Waals surface area contributed by atoms with Gasteiger partial charge >= 0.3 is 0 Å². The highest BCUT2D eigenvalue weighted by atomic mass is 19.1. The summed E-state index contributed by atoms with van der Waals surface area (Å²) in [6, 6.07) is -1.12. The van der Waals surface area contributed by atoms with Crippen molar-refractivity contribution < 1.29 is 39.2 Å². The average Bonchev–Trinajstić information content (AvgIpc) is 3.27. The molecule has 0 saturated carbocycles. The van der Waals surface area contributed by atoms with Crippen LogP contribution in [0.3, 0.4) is 0 Å². The van der Waals surface area contributed by atoms with Crippen molar-refractivity contribution in [2.75, 3.05) is 6.54 Å². The van der Waals surface area contributed by atoms with Gasteiger partial charge in [-0.3, -0.25) is 14.4 Å². The van der Waals surface area contributed by atoms with Crippen LogP contribution in [0.4, 0.5) is 4.39 Å². The van der Waals surface area contributed by atoms with E-state index < -0.39 is 63.9 Å². The summed E-state index contributed by atoms with van der Waals surface area (Å²) in [5, 5.41) is 47.1. The van der Waals surface area contributed by atoms with Crippen LogP contribution in [-0.4, -0.2) is 56.1 Å². The van der Waals surface area contributed by atoms with E-state index in [-0.39, 0.29) is 41.8 Å². The number of rotatable bonds is 3. The van der Waals surface area contributed by atoms with E-state index in [2.05, 4.69) is 5.32 Å². The summed E-state index contributed by atoms with van der Waals surface area (Å²) in [6.07, 6.45) is 1.38. The van der Waals surface area contributed by atoms with E-state index in [0.29, 0.717) is 30.4 Å². The van der Waals surface area contributed by atoms with Gasteiger partial charge in [0.15, 0.2) is 11.4 Å². The molecule has 1 amide bonds. The van der Waals surface area contributed by atoms with Crippen molar-refractivity contribution in [3.63, 3.8) is 0 Å². The Balaban J connectivity index is 1.73. The van der Waals surface area contributed by atoms with E-state index in [1.807, 2.05) is 0 Å². The molecule has 0 fully saturated rings. The van der Waals surface area contributed by atoms with Crippen molar-refractivity contribution in [2.45, 2.75) is 50.7 Å². The van der Waals surface area contributed by atoms with Crippen LogP contribution in [0, 0.1) is 17.7 Å². The maximum atomic E-state index is 15.4. The Hall–Kier alpha value is -3.24. The number of primary amides is 1. The molecule has 4 aliphatic rings. The van der Waals surface area contributed by atoms with E-state index in [0.717, 1.165) is 0 Å². The van der Waals surface area contributed by atoms with Gasteiger partial charge < -0.3 is 31.5 Å². The number of nitrogens with one attached hydrogen (secondary N) is 1. The highest BCUT2D eigenvalue weighted by Crippen LogP contribution is 2.52. The topological polar surface area (TPSA) is 170 Å². The lowest BCUT2D eigenvalue weighted by Crippen LogP contribution is -2.64. The lowest BCUT2D eigenvalue weighted by Gasteiger charge is -2.48. The number of amides is 1. The number of Topliss-reactive ketones (excluding diaryl/α,β-unsaturated/α-hetero) is 2. The van der Waals surface area contributed by atoms with E-state index in [9.17, 15) is 34.8 Å². The average molecular weight is 472 g/mol. The zero-order valence-corrected chi connectivity index (χ0v) is 18.4. The normalized spacial score (nSPS) is 30.1. The Morgan fingerprint density at radius 2 is 1.85 bits per heavy atom. The third kappa shape index (κ3) is 2.63. The predicted octanol–water partition coefficient (Wildman–Crippen LogP) is 0.796. The standard InChI is InChI=1S/C24H25FN2O7/c1-2-27-17-12-7-8-6-11-14(18(28)10-5-3-4-9(10)16(11)25)19(29)13(8)21(31)24(12,34)22(32)15(20(17)30)23(26)33/h8,12,17,27-28,30-31,34H,2-7H2,1H3,(H2,26,33)/t8-,12-,17-,24-/m0/s1. The van der Waals surface area contributed by atoms with Crippen LogP contribution >= 0.6 is 0 Å². The molecule has 9 nitrogen and oxygen atoms in total. The number of phenolic OH excluding ortho intramolecular Hbond substituents is 1. The van der Waals surface area contributed by atoms with Crippen LogP contribution in [0.1, 0.15) is 46.8 Å². The van der Waals surface area contributed by atoms with Crippen LogP contribution < -0.4 is 11.1 Å². The molecule has 4 atom stereocenters. The molecule has 10 heteroatoms. The Morgan fingerprint density at radius 3 is 2.50 bits per heavy atom. The summed E-state index contributed by atoms with van der Waals surface area (Å²) in [7, 11) is 0. The van der Waals surface area contributed by atoms with Gasteiger partial charge in [0.1, 0.15) is 28.7 Å². The third-order valence-corrected chi connectivity index (χ3v) is 7.79. The fourth-order valence-corrected chi connectivity index (χ4v) is 6.30. The van der Waals surface area contributed by atoms with Crippen molar-refractivity contribution in [3.05, 3.63) is 50.7 Å². The molecule has 0 bridgehead atoms. The zero-order chi connectivity index (χ0) is 24.7. The van der Waals surface area contributed by atoms with Crippen LogP contribution in [0.25, 0.3) is 0 Å². The van der Waals surface area contributed by atoms with E-state index in [1.54, 1.807) is 6.92 Å². The van der Waals surface area contributed by atoms with Gasteiger partial charge in [0.25, 0.3) is 5.91 Å². The number of halogens is 1. The molecule has 4 aliphatic carbocycles. The van der Waals surface area contributed by atoms with Crippen molar-refractivity contribution in [1.82, 2.24) is 5.32 Å². The number of nitrogens with two attached hydrogens (primary N) is 1. The number of phenols is 1. The molecular weight excluding hydrogens is 447 g/mol. The fourth-order valence-electron chi connectivity index (χ4n) is 6.30. The number of hydrogen-bond acceptors (Lipinski definition) is 8. The second-order valence-corrected chi connectivity index (χ2v) is 9.42. The monoisotopic (exact) mass is 472 g/mol. The van der Waals surface area contributed by atoms with E-state index in [4.69, 9.17) is 5.73 Å². The first-order chi connectivity index (χ1) is 16.0. The molecule has 7 N–H and O–H groups in total. The van der Waals surface area contributed by atoms with Crippen molar-refractivity contribution in [2.24, 2.45) is 17.6 Å². The quantitative estimate of drug-likeness (QED) is 0.351. The van der Waals surface area contributed by atoms with Crippen LogP contribution in [0.2, 0.25) is 0 Å². The molecular formula is C24H25FN2O7. The lowest BCUT2D eigenvalue weighted by molar-refractivity contribution is -0.146. The number of carbonyl (C=O) groups excluding carboxylic acids is 3. The molecule has 1 aromatic carbocycles. The molecule has 0 spiro atoms. The van der Waals surface area contributed by atoms with Crippen molar-refractivity contribution in [3.8, 4) is 5.75 Å². The molecule has 34 heavy (non-hydrogen) atoms. The highest BCUT2D eigenvalue weighted by Gasteiger charge is 2.62. The second kappa shape index (κ2) is 7.38. The number of hydrogen-bond donors (Lipinski definition) is 6. The number of carbonyl (C=O) groups is 3. The summed E-state index contributed by atoms with van der Waals surface area (Å²) >= 11 is 0. The number of likely N-dealkylation sites (N-methyl/N-ethyl adjacent to an activating group) is 1. The Labute approximate surface area is 193 Å². The first-order valence-corrected chi connectivity index (χ1v) is 11.3. The predicted molar refractivity (Wildman–Crippen MR) is 116 cm³/mol. The number of aromatic hydroxyl groups is 1. The number of aliphatic hydroxyl groups is 3. The summed E-state index contributed by atoms with van der Waals surface area (Å²) in [4.78, 5) is 38.6. The molecule has 0 aliphatic heterocycles.